The fourth-order valence-electron chi connectivity index (χ4n) is 4.80. The van der Waals surface area contributed by atoms with Crippen molar-refractivity contribution in [2.24, 2.45) is 0 Å². The zero-order chi connectivity index (χ0) is 26.3. The molecule has 2 aromatic heterocycles. The molecule has 0 bridgehead atoms. The van der Waals surface area contributed by atoms with Crippen LogP contribution in [0.5, 0.6) is 11.5 Å². The summed E-state index contributed by atoms with van der Waals surface area (Å²) in [6.45, 7) is 4.43. The summed E-state index contributed by atoms with van der Waals surface area (Å²) in [4.78, 5) is 16.2. The summed E-state index contributed by atoms with van der Waals surface area (Å²) in [5.41, 5.74) is 4.61. The summed E-state index contributed by atoms with van der Waals surface area (Å²) >= 11 is 6.50. The highest BCUT2D eigenvalue weighted by Crippen LogP contribution is 2.46. The second-order valence-corrected chi connectivity index (χ2v) is 9.29. The number of benzene rings is 2. The van der Waals surface area contributed by atoms with Gasteiger partial charge >= 0.3 is 5.97 Å². The van der Waals surface area contributed by atoms with E-state index < -0.39 is 18.2 Å². The van der Waals surface area contributed by atoms with E-state index >= 15 is 0 Å². The Morgan fingerprint density at radius 3 is 2.68 bits per heavy atom. The van der Waals surface area contributed by atoms with Crippen molar-refractivity contribution in [3.05, 3.63) is 87.7 Å². The second kappa shape index (κ2) is 9.91. The van der Waals surface area contributed by atoms with Crippen molar-refractivity contribution in [2.75, 3.05) is 14.2 Å². The van der Waals surface area contributed by atoms with Gasteiger partial charge in [-0.1, -0.05) is 23.7 Å². The van der Waals surface area contributed by atoms with Crippen LogP contribution in [0.1, 0.15) is 57.3 Å². The van der Waals surface area contributed by atoms with Crippen LogP contribution in [-0.4, -0.2) is 44.6 Å². The molecule has 9 nitrogen and oxygen atoms in total. The first-order valence-corrected chi connectivity index (χ1v) is 12.2. The zero-order valence-electron chi connectivity index (χ0n) is 20.9. The number of para-hydroxylation sites is 1. The summed E-state index contributed by atoms with van der Waals surface area (Å²) in [5.74, 6) is 0.908. The van der Waals surface area contributed by atoms with Crippen molar-refractivity contribution in [2.45, 2.75) is 39.0 Å². The predicted molar refractivity (Wildman–Crippen MR) is 137 cm³/mol. The van der Waals surface area contributed by atoms with E-state index in [4.69, 9.17) is 30.8 Å². The lowest BCUT2D eigenvalue weighted by atomic mass is 9.98. The van der Waals surface area contributed by atoms with Gasteiger partial charge < -0.3 is 19.3 Å². The number of ether oxygens (including phenoxy) is 3. The van der Waals surface area contributed by atoms with Gasteiger partial charge in [0.2, 0.25) is 0 Å². The number of rotatable bonds is 7. The van der Waals surface area contributed by atoms with Gasteiger partial charge in [0.15, 0.2) is 11.5 Å². The maximum atomic E-state index is 11.3. The Hall–Kier alpha value is -3.82. The zero-order valence-corrected chi connectivity index (χ0v) is 21.7. The summed E-state index contributed by atoms with van der Waals surface area (Å²) in [5, 5.41) is 14.1. The first-order valence-electron chi connectivity index (χ1n) is 11.8. The van der Waals surface area contributed by atoms with Gasteiger partial charge in [-0.25, -0.2) is 9.78 Å². The number of aromatic carboxylic acids is 1. The number of carboxylic acid groups (broad SMARTS) is 1. The van der Waals surface area contributed by atoms with Crippen LogP contribution in [-0.2, 0) is 11.3 Å². The Labute approximate surface area is 219 Å². The quantitative estimate of drug-likeness (QED) is 0.351. The van der Waals surface area contributed by atoms with Crippen LogP contribution >= 0.6 is 11.6 Å². The monoisotopic (exact) mass is 522 g/mol. The normalized spacial score (nSPS) is 16.6. The van der Waals surface area contributed by atoms with Crippen LogP contribution in [0.2, 0.25) is 5.02 Å². The van der Waals surface area contributed by atoms with Crippen LogP contribution in [0, 0.1) is 13.8 Å². The number of fused-ring (bicyclic) bond motifs is 3. The van der Waals surface area contributed by atoms with E-state index in [-0.39, 0.29) is 5.56 Å². The summed E-state index contributed by atoms with van der Waals surface area (Å²) in [6, 6.07) is 11.4. The number of halogens is 1. The molecule has 0 amide bonds. The molecule has 37 heavy (non-hydrogen) atoms. The van der Waals surface area contributed by atoms with Crippen LogP contribution in [0.25, 0.3) is 5.69 Å². The lowest BCUT2D eigenvalue weighted by molar-refractivity contribution is -0.00415. The molecule has 4 aromatic rings. The number of carboxylic acids is 1. The number of nitrogens with zero attached hydrogens (tertiary/aromatic N) is 4. The fraction of sp³-hybridized carbons (Fsp3) is 0.296. The molecule has 0 saturated carbocycles. The number of hydrogen-bond acceptors (Lipinski definition) is 6. The lowest BCUT2D eigenvalue weighted by Gasteiger charge is -2.25. The third-order valence-corrected chi connectivity index (χ3v) is 6.92. The van der Waals surface area contributed by atoms with Crippen LogP contribution in [0.3, 0.4) is 0 Å². The fourth-order valence-corrected chi connectivity index (χ4v) is 4.98. The minimum Gasteiger partial charge on any atom is -0.493 e. The molecule has 0 fully saturated rings. The number of aromatic nitrogens is 4. The van der Waals surface area contributed by atoms with Gasteiger partial charge in [-0.05, 0) is 38.1 Å². The number of methoxy groups -OCH3 is 2. The second-order valence-electron chi connectivity index (χ2n) is 8.85. The van der Waals surface area contributed by atoms with Crippen molar-refractivity contribution in [3.63, 3.8) is 0 Å². The molecule has 0 aliphatic carbocycles. The molecule has 0 unspecified atom stereocenters. The van der Waals surface area contributed by atoms with Gasteiger partial charge in [0.1, 0.15) is 18.0 Å². The number of hydrogen-bond donors (Lipinski definition) is 1. The molecule has 2 atom stereocenters. The molecule has 3 heterocycles. The van der Waals surface area contributed by atoms with E-state index in [0.717, 1.165) is 34.0 Å². The van der Waals surface area contributed by atoms with E-state index in [1.165, 1.54) is 12.4 Å². The molecule has 0 spiro atoms. The third kappa shape index (κ3) is 4.45. The molecule has 1 N–H and O–H groups in total. The largest absolute Gasteiger partial charge is 0.493 e. The molecular weight excluding hydrogens is 496 g/mol. The molecule has 1 aliphatic rings. The van der Waals surface area contributed by atoms with Crippen molar-refractivity contribution >= 4 is 17.6 Å². The number of imidazole rings is 1. The van der Waals surface area contributed by atoms with E-state index in [1.54, 1.807) is 18.9 Å². The van der Waals surface area contributed by atoms with Crippen LogP contribution in [0.4, 0.5) is 0 Å². The molecular formula is C27H27ClN4O5. The highest BCUT2D eigenvalue weighted by molar-refractivity contribution is 6.30. The van der Waals surface area contributed by atoms with E-state index in [1.807, 2.05) is 50.2 Å². The summed E-state index contributed by atoms with van der Waals surface area (Å²) in [7, 11) is 3.20. The molecule has 10 heteroatoms. The first-order chi connectivity index (χ1) is 17.8. The molecule has 1 aliphatic heterocycles. The molecule has 5 rings (SSSR count). The van der Waals surface area contributed by atoms with E-state index in [0.29, 0.717) is 29.5 Å². The van der Waals surface area contributed by atoms with Crippen LogP contribution < -0.4 is 9.47 Å². The van der Waals surface area contributed by atoms with Gasteiger partial charge in [0, 0.05) is 41.0 Å². The standard InChI is InChI=1S/C27H27ClN4O5/c1-15-16(2)32-21-9-8-18(28)12-20(21)24(19-6-5-7-22(35-3)25(19)36-4)37-23(26(32)30-15)10-11-31-14-17(13-29-31)27(33)34/h5-9,12-14,23-24H,10-11H2,1-4H3,(H,33,34)/t23-,24-/m0/s1. The van der Waals surface area contributed by atoms with Gasteiger partial charge in [0.25, 0.3) is 0 Å². The highest BCUT2D eigenvalue weighted by Gasteiger charge is 2.35. The Morgan fingerprint density at radius 1 is 1.16 bits per heavy atom. The van der Waals surface area contributed by atoms with Crippen molar-refractivity contribution in [3.8, 4) is 17.2 Å². The van der Waals surface area contributed by atoms with Crippen LogP contribution in [0.15, 0.2) is 48.8 Å². The molecule has 0 saturated heterocycles. The van der Waals surface area contributed by atoms with Gasteiger partial charge in [-0.2, -0.15) is 5.10 Å². The molecule has 2 aromatic carbocycles. The first kappa shape index (κ1) is 24.9. The third-order valence-electron chi connectivity index (χ3n) is 6.69. The molecule has 192 valence electrons. The van der Waals surface area contributed by atoms with Gasteiger partial charge in [-0.15, -0.1) is 0 Å². The highest BCUT2D eigenvalue weighted by atomic mass is 35.5. The van der Waals surface area contributed by atoms with Crippen molar-refractivity contribution < 1.29 is 24.1 Å². The lowest BCUT2D eigenvalue weighted by Crippen LogP contribution is -2.15. The van der Waals surface area contributed by atoms with Gasteiger partial charge in [-0.3, -0.25) is 9.25 Å². The Balaban J connectivity index is 1.65. The van der Waals surface area contributed by atoms with E-state index in [2.05, 4.69) is 9.67 Å². The van der Waals surface area contributed by atoms with Crippen molar-refractivity contribution in [1.82, 2.24) is 19.3 Å². The molecule has 0 radical (unpaired) electrons. The van der Waals surface area contributed by atoms with Crippen molar-refractivity contribution in [1.29, 1.82) is 0 Å². The average Bonchev–Trinajstić information content (AvgIpc) is 3.45. The van der Waals surface area contributed by atoms with E-state index in [9.17, 15) is 9.90 Å². The summed E-state index contributed by atoms with van der Waals surface area (Å²) < 4.78 is 21.9. The topological polar surface area (TPSA) is 101 Å². The minimum absolute atomic E-state index is 0.135. The maximum Gasteiger partial charge on any atom is 0.338 e. The summed E-state index contributed by atoms with van der Waals surface area (Å²) in [6.07, 6.45) is 2.36. The SMILES string of the molecule is COc1cccc([C@@H]2O[C@@H](CCn3cc(C(=O)O)cn3)c3nc(C)c(C)n3-c3ccc(Cl)cc32)c1OC. The number of carbonyl (C=O) groups is 1. The number of aryl methyl sites for hydroxylation is 2. The smallest absolute Gasteiger partial charge is 0.338 e. The predicted octanol–water partition coefficient (Wildman–Crippen LogP) is 5.31. The maximum absolute atomic E-state index is 11.3. The minimum atomic E-state index is -1.02. The Morgan fingerprint density at radius 2 is 1.97 bits per heavy atom. The average molecular weight is 523 g/mol. The Kier molecular flexibility index (Phi) is 6.66. The van der Waals surface area contributed by atoms with Gasteiger partial charge in [0.05, 0.1) is 37.4 Å². The Bertz CT molecular complexity index is 1480.